The number of nitrogens with zero attached hydrogens (tertiary/aromatic N) is 1. The Labute approximate surface area is 266 Å². The molecule has 1 fully saturated rings. The number of rotatable bonds is 17. The van der Waals surface area contributed by atoms with Crippen molar-refractivity contribution in [3.63, 3.8) is 0 Å². The number of unbranched alkanes of at least 4 members (excludes halogenated alkanes) is 1. The van der Waals surface area contributed by atoms with Crippen LogP contribution in [0.15, 0.2) is 18.2 Å². The number of nitrogens with one attached hydrogen (secondary N) is 1. The summed E-state index contributed by atoms with van der Waals surface area (Å²) in [7, 11) is 3.33. The number of hydrogen-bond acceptors (Lipinski definition) is 7. The van der Waals surface area contributed by atoms with E-state index < -0.39 is 17.4 Å². The van der Waals surface area contributed by atoms with Crippen molar-refractivity contribution in [1.29, 1.82) is 0 Å². The summed E-state index contributed by atoms with van der Waals surface area (Å²) in [5.41, 5.74) is -0.405. The largest absolute Gasteiger partial charge is 0.493 e. The van der Waals surface area contributed by atoms with Gasteiger partial charge in [0, 0.05) is 32.6 Å². The van der Waals surface area contributed by atoms with Crippen LogP contribution in [0.1, 0.15) is 100.0 Å². The van der Waals surface area contributed by atoms with Gasteiger partial charge in [-0.2, -0.15) is 0 Å². The lowest BCUT2D eigenvalue weighted by molar-refractivity contribution is -0.126. The molecule has 4 atom stereocenters. The Morgan fingerprint density at radius 1 is 1.05 bits per heavy atom. The maximum Gasteiger partial charge on any atom is 0.412 e. The van der Waals surface area contributed by atoms with Crippen molar-refractivity contribution in [2.24, 2.45) is 17.8 Å². The molecule has 0 unspecified atom stereocenters. The zero-order valence-corrected chi connectivity index (χ0v) is 29.3. The molecule has 44 heavy (non-hydrogen) atoms. The van der Waals surface area contributed by atoms with E-state index in [1.165, 1.54) is 0 Å². The lowest BCUT2D eigenvalue weighted by Crippen LogP contribution is -2.51. The first-order chi connectivity index (χ1) is 20.6. The molecule has 2 amide bonds. The normalized spacial score (nSPS) is 19.5. The van der Waals surface area contributed by atoms with Crippen LogP contribution in [-0.4, -0.2) is 74.4 Å². The molecule has 0 aliphatic carbocycles. The molecule has 9 nitrogen and oxygen atoms in total. The maximum absolute atomic E-state index is 13.7. The van der Waals surface area contributed by atoms with Crippen molar-refractivity contribution in [2.45, 2.75) is 124 Å². The van der Waals surface area contributed by atoms with Gasteiger partial charge in [-0.1, -0.05) is 40.2 Å². The molecule has 9 heteroatoms. The molecule has 0 spiro atoms. The molecule has 2 rings (SSSR count). The van der Waals surface area contributed by atoms with Gasteiger partial charge in [0.25, 0.3) is 0 Å². The van der Waals surface area contributed by atoms with Crippen molar-refractivity contribution in [3.8, 4) is 11.5 Å². The molecule has 1 aliphatic heterocycles. The second kappa shape index (κ2) is 17.2. The quantitative estimate of drug-likeness (QED) is 0.187. The van der Waals surface area contributed by atoms with E-state index >= 15 is 0 Å². The van der Waals surface area contributed by atoms with Gasteiger partial charge in [0.05, 0.1) is 25.9 Å². The highest BCUT2D eigenvalue weighted by Crippen LogP contribution is 2.41. The van der Waals surface area contributed by atoms with Crippen molar-refractivity contribution in [2.75, 3.05) is 34.0 Å². The predicted molar refractivity (Wildman–Crippen MR) is 174 cm³/mol. The lowest BCUT2D eigenvalue weighted by Gasteiger charge is -2.37. The number of carbonyl (C=O) groups is 2. The first-order valence-electron chi connectivity index (χ1n) is 16.4. The maximum atomic E-state index is 13.7. The fourth-order valence-electron chi connectivity index (χ4n) is 5.77. The summed E-state index contributed by atoms with van der Waals surface area (Å²) in [6.45, 7) is 19.8. The minimum absolute atomic E-state index is 0.0194. The topological polar surface area (TPSA) is 95.6 Å². The molecule has 0 saturated carbocycles. The SMILES string of the molecule is CCCCNC(=O)[C@@H](C)C[C@@H]1OC(C)(C)N(C(=O)OC(C)(C)C)[C@H]1C[C@H](Cc1ccc(OC)c(OCCCOC)c1)C(C)C. The second-order valence-electron chi connectivity index (χ2n) is 13.9. The van der Waals surface area contributed by atoms with E-state index in [0.29, 0.717) is 50.0 Å². The zero-order chi connectivity index (χ0) is 33.1. The van der Waals surface area contributed by atoms with Crippen LogP contribution >= 0.6 is 0 Å². The Morgan fingerprint density at radius 3 is 2.34 bits per heavy atom. The molecule has 1 N–H and O–H groups in total. The Bertz CT molecular complexity index is 1040. The Balaban J connectivity index is 2.36. The van der Waals surface area contributed by atoms with Gasteiger partial charge in [0.1, 0.15) is 11.3 Å². The summed E-state index contributed by atoms with van der Waals surface area (Å²) < 4.78 is 29.3. The summed E-state index contributed by atoms with van der Waals surface area (Å²) in [4.78, 5) is 28.4. The van der Waals surface area contributed by atoms with Crippen molar-refractivity contribution < 1.29 is 33.3 Å². The molecule has 252 valence electrons. The van der Waals surface area contributed by atoms with E-state index in [1.54, 1.807) is 19.1 Å². The summed E-state index contributed by atoms with van der Waals surface area (Å²) in [6.07, 6.45) is 4.04. The van der Waals surface area contributed by atoms with E-state index in [9.17, 15) is 9.59 Å². The van der Waals surface area contributed by atoms with E-state index in [1.807, 2.05) is 47.6 Å². The number of amides is 2. The number of hydrogen-bond donors (Lipinski definition) is 1. The molecule has 1 aromatic rings. The Hall–Kier alpha value is -2.52. The van der Waals surface area contributed by atoms with E-state index in [-0.39, 0.29) is 29.9 Å². The van der Waals surface area contributed by atoms with Crippen LogP contribution in [0.5, 0.6) is 11.5 Å². The van der Waals surface area contributed by atoms with Gasteiger partial charge >= 0.3 is 6.09 Å². The summed E-state index contributed by atoms with van der Waals surface area (Å²) in [6, 6.07) is 5.83. The van der Waals surface area contributed by atoms with E-state index in [0.717, 1.165) is 31.2 Å². The van der Waals surface area contributed by atoms with Crippen LogP contribution in [0.4, 0.5) is 4.79 Å². The fourth-order valence-corrected chi connectivity index (χ4v) is 5.77. The molecular weight excluding hydrogens is 560 g/mol. The van der Waals surface area contributed by atoms with Crippen LogP contribution < -0.4 is 14.8 Å². The summed E-state index contributed by atoms with van der Waals surface area (Å²) in [5, 5.41) is 3.06. The van der Waals surface area contributed by atoms with Crippen LogP contribution in [-0.2, 0) is 25.4 Å². The molecule has 1 heterocycles. The van der Waals surface area contributed by atoms with Crippen LogP contribution in [0.25, 0.3) is 0 Å². The van der Waals surface area contributed by atoms with Gasteiger partial charge in [-0.15, -0.1) is 0 Å². The number of methoxy groups -OCH3 is 2. The molecule has 0 radical (unpaired) electrons. The molecule has 1 saturated heterocycles. The molecular formula is C35H60N2O7. The highest BCUT2D eigenvalue weighted by molar-refractivity contribution is 5.78. The van der Waals surface area contributed by atoms with Gasteiger partial charge in [0.2, 0.25) is 5.91 Å². The summed E-state index contributed by atoms with van der Waals surface area (Å²) in [5.74, 6) is 1.71. The molecule has 1 aromatic carbocycles. The highest BCUT2D eigenvalue weighted by Gasteiger charge is 2.52. The lowest BCUT2D eigenvalue weighted by atomic mass is 9.81. The average molecular weight is 621 g/mol. The standard InChI is InChI=1S/C35H60N2O7/c1-12-13-17-36-32(38)25(4)20-30-28(37(35(8,9)43-30)33(39)44-34(5,6)7)23-27(24(2)3)21-26-15-16-29(41-11)31(22-26)42-19-14-18-40-10/h15-16,22,24-25,27-28,30H,12-14,17-21,23H2,1-11H3,(H,36,38)/t25-,27-,28-,30-/m0/s1. The first-order valence-corrected chi connectivity index (χ1v) is 16.4. The van der Waals surface area contributed by atoms with E-state index in [2.05, 4.69) is 38.2 Å². The van der Waals surface area contributed by atoms with Gasteiger partial charge in [-0.3, -0.25) is 9.69 Å². The van der Waals surface area contributed by atoms with Crippen LogP contribution in [0.3, 0.4) is 0 Å². The molecule has 0 aromatic heterocycles. The van der Waals surface area contributed by atoms with Gasteiger partial charge in [0.15, 0.2) is 11.5 Å². The third-order valence-corrected chi connectivity index (χ3v) is 8.20. The highest BCUT2D eigenvalue weighted by atomic mass is 16.6. The van der Waals surface area contributed by atoms with Gasteiger partial charge in [-0.25, -0.2) is 4.79 Å². The first kappa shape index (κ1) is 37.7. The van der Waals surface area contributed by atoms with Crippen LogP contribution in [0.2, 0.25) is 0 Å². The molecule has 1 aliphatic rings. The third-order valence-electron chi connectivity index (χ3n) is 8.20. The van der Waals surface area contributed by atoms with Gasteiger partial charge < -0.3 is 29.0 Å². The number of carbonyl (C=O) groups excluding carboxylic acids is 2. The third kappa shape index (κ3) is 11.4. The summed E-state index contributed by atoms with van der Waals surface area (Å²) >= 11 is 0. The van der Waals surface area contributed by atoms with Crippen molar-refractivity contribution >= 4 is 12.0 Å². The predicted octanol–water partition coefficient (Wildman–Crippen LogP) is 7.00. The second-order valence-corrected chi connectivity index (χ2v) is 13.9. The minimum Gasteiger partial charge on any atom is -0.493 e. The van der Waals surface area contributed by atoms with Crippen LogP contribution in [0, 0.1) is 17.8 Å². The number of ether oxygens (including phenoxy) is 5. The van der Waals surface area contributed by atoms with Gasteiger partial charge in [-0.05, 0) is 89.8 Å². The Morgan fingerprint density at radius 2 is 1.75 bits per heavy atom. The fraction of sp³-hybridized carbons (Fsp3) is 0.771. The number of benzene rings is 1. The Kier molecular flexibility index (Phi) is 14.8. The monoisotopic (exact) mass is 620 g/mol. The molecule has 0 bridgehead atoms. The van der Waals surface area contributed by atoms with Crippen molar-refractivity contribution in [1.82, 2.24) is 10.2 Å². The zero-order valence-electron chi connectivity index (χ0n) is 29.3. The minimum atomic E-state index is -0.888. The smallest absolute Gasteiger partial charge is 0.412 e. The average Bonchev–Trinajstić information content (AvgIpc) is 3.18. The van der Waals surface area contributed by atoms with Crippen molar-refractivity contribution in [3.05, 3.63) is 23.8 Å². The van der Waals surface area contributed by atoms with E-state index in [4.69, 9.17) is 23.7 Å².